The van der Waals surface area contributed by atoms with E-state index in [1.54, 1.807) is 12.1 Å². The quantitative estimate of drug-likeness (QED) is 0.741. The molecule has 2 amide bonds. The van der Waals surface area contributed by atoms with Crippen molar-refractivity contribution in [2.75, 3.05) is 20.2 Å². The molecule has 0 saturated carbocycles. The molecule has 1 heterocycles. The third-order valence-electron chi connectivity index (χ3n) is 5.16. The molecule has 29 heavy (non-hydrogen) atoms. The Morgan fingerprint density at radius 1 is 1.10 bits per heavy atom. The molecule has 5 nitrogen and oxygen atoms in total. The van der Waals surface area contributed by atoms with Crippen LogP contribution >= 0.6 is 0 Å². The maximum absolute atomic E-state index is 12.5. The smallest absolute Gasteiger partial charge is 0.387 e. The van der Waals surface area contributed by atoms with Gasteiger partial charge >= 0.3 is 12.6 Å². The Morgan fingerprint density at radius 3 is 2.48 bits per heavy atom. The Labute approximate surface area is 169 Å². The highest BCUT2D eigenvalue weighted by Gasteiger charge is 2.23. The summed E-state index contributed by atoms with van der Waals surface area (Å²) in [5.41, 5.74) is 2.08. The molecule has 1 aliphatic rings. The van der Waals surface area contributed by atoms with Crippen LogP contribution in [0.2, 0.25) is 0 Å². The number of halogens is 2. The van der Waals surface area contributed by atoms with E-state index in [0.717, 1.165) is 37.9 Å². The van der Waals surface area contributed by atoms with Crippen LogP contribution in [-0.4, -0.2) is 37.7 Å². The highest BCUT2D eigenvalue weighted by molar-refractivity contribution is 5.74. The predicted molar refractivity (Wildman–Crippen MR) is 106 cm³/mol. The Balaban J connectivity index is 1.46. The Kier molecular flexibility index (Phi) is 7.27. The summed E-state index contributed by atoms with van der Waals surface area (Å²) >= 11 is 0. The normalized spacial score (nSPS) is 14.7. The van der Waals surface area contributed by atoms with E-state index in [2.05, 4.69) is 34.3 Å². The first-order chi connectivity index (χ1) is 14.0. The fourth-order valence-electron chi connectivity index (χ4n) is 3.59. The summed E-state index contributed by atoms with van der Waals surface area (Å²) in [7, 11) is 1.38. The van der Waals surface area contributed by atoms with Crippen LogP contribution in [0.4, 0.5) is 13.6 Å². The van der Waals surface area contributed by atoms with Gasteiger partial charge in [0.2, 0.25) is 0 Å². The lowest BCUT2D eigenvalue weighted by Crippen LogP contribution is -2.44. The fraction of sp³-hybridized carbons (Fsp3) is 0.409. The fourth-order valence-corrected chi connectivity index (χ4v) is 3.59. The van der Waals surface area contributed by atoms with Crippen molar-refractivity contribution in [2.24, 2.45) is 5.92 Å². The van der Waals surface area contributed by atoms with E-state index in [-0.39, 0.29) is 24.1 Å². The highest BCUT2D eigenvalue weighted by Crippen LogP contribution is 2.29. The first-order valence-electron chi connectivity index (χ1n) is 9.73. The number of amides is 2. The third kappa shape index (κ3) is 6.07. The minimum Gasteiger partial charge on any atom is -0.493 e. The van der Waals surface area contributed by atoms with Gasteiger partial charge in [-0.15, -0.1) is 0 Å². The second kappa shape index (κ2) is 10.1. The topological polar surface area (TPSA) is 50.8 Å². The lowest BCUT2D eigenvalue weighted by atomic mass is 9.90. The van der Waals surface area contributed by atoms with Gasteiger partial charge in [0.05, 0.1) is 7.11 Å². The molecule has 1 aliphatic heterocycles. The van der Waals surface area contributed by atoms with Crippen LogP contribution < -0.4 is 14.8 Å². The molecule has 156 valence electrons. The van der Waals surface area contributed by atoms with Crippen LogP contribution in [0.1, 0.15) is 24.0 Å². The number of methoxy groups -OCH3 is 1. The number of nitrogens with one attached hydrogen (secondary N) is 1. The van der Waals surface area contributed by atoms with Crippen LogP contribution in [0, 0.1) is 5.92 Å². The Hall–Kier alpha value is -2.83. The molecule has 0 radical (unpaired) electrons. The van der Waals surface area contributed by atoms with Gasteiger partial charge in [0.25, 0.3) is 0 Å². The molecule has 2 aromatic rings. The van der Waals surface area contributed by atoms with E-state index in [1.807, 2.05) is 11.0 Å². The van der Waals surface area contributed by atoms with Crippen molar-refractivity contribution in [3.05, 3.63) is 59.7 Å². The predicted octanol–water partition coefficient (Wildman–Crippen LogP) is 4.46. The molecule has 3 rings (SSSR count). The standard InChI is InChI=1S/C22H26F2N2O3/c1-28-20-14-18(7-8-19(20)29-21(23)24)15-25-22(27)26-11-9-17(10-12-26)13-16-5-3-2-4-6-16/h2-8,14,17,21H,9-13,15H2,1H3,(H,25,27). The SMILES string of the molecule is COc1cc(CNC(=O)N2CCC(Cc3ccccc3)CC2)ccc1OC(F)F. The number of carbonyl (C=O) groups excluding carboxylic acids is 1. The van der Waals surface area contributed by atoms with Gasteiger partial charge in [0.15, 0.2) is 11.5 Å². The number of hydrogen-bond acceptors (Lipinski definition) is 3. The lowest BCUT2D eigenvalue weighted by Gasteiger charge is -2.32. The van der Waals surface area contributed by atoms with Crippen LogP contribution in [-0.2, 0) is 13.0 Å². The Morgan fingerprint density at radius 2 is 1.83 bits per heavy atom. The van der Waals surface area contributed by atoms with Crippen molar-refractivity contribution >= 4 is 6.03 Å². The zero-order chi connectivity index (χ0) is 20.6. The first kappa shape index (κ1) is 20.9. The second-order valence-corrected chi connectivity index (χ2v) is 7.14. The van der Waals surface area contributed by atoms with E-state index in [0.29, 0.717) is 5.92 Å². The molecule has 0 spiro atoms. The number of carbonyl (C=O) groups is 1. The lowest BCUT2D eigenvalue weighted by molar-refractivity contribution is -0.0512. The molecule has 0 unspecified atom stereocenters. The van der Waals surface area contributed by atoms with E-state index in [9.17, 15) is 13.6 Å². The minimum atomic E-state index is -2.92. The summed E-state index contributed by atoms with van der Waals surface area (Å²) in [6.07, 6.45) is 3.01. The molecular formula is C22H26F2N2O3. The number of nitrogens with zero attached hydrogens (tertiary/aromatic N) is 1. The summed E-state index contributed by atoms with van der Waals surface area (Å²) in [6, 6.07) is 14.9. The van der Waals surface area contributed by atoms with Crippen LogP contribution in [0.5, 0.6) is 11.5 Å². The number of urea groups is 1. The van der Waals surface area contributed by atoms with Crippen LogP contribution in [0.15, 0.2) is 48.5 Å². The summed E-state index contributed by atoms with van der Waals surface area (Å²) in [5.74, 6) is 0.768. The molecular weight excluding hydrogens is 378 g/mol. The number of piperidine rings is 1. The summed E-state index contributed by atoms with van der Waals surface area (Å²) in [4.78, 5) is 14.3. The molecule has 1 N–H and O–H groups in total. The average molecular weight is 404 g/mol. The maximum Gasteiger partial charge on any atom is 0.387 e. The van der Waals surface area contributed by atoms with Gasteiger partial charge in [-0.1, -0.05) is 36.4 Å². The maximum atomic E-state index is 12.5. The van der Waals surface area contributed by atoms with Crippen molar-refractivity contribution in [3.63, 3.8) is 0 Å². The van der Waals surface area contributed by atoms with Crippen molar-refractivity contribution in [1.29, 1.82) is 0 Å². The molecule has 2 aromatic carbocycles. The van der Waals surface area contributed by atoms with Crippen molar-refractivity contribution in [1.82, 2.24) is 10.2 Å². The van der Waals surface area contributed by atoms with E-state index in [1.165, 1.54) is 18.7 Å². The number of rotatable bonds is 7. The van der Waals surface area contributed by atoms with Crippen LogP contribution in [0.25, 0.3) is 0 Å². The van der Waals surface area contributed by atoms with Gasteiger partial charge < -0.3 is 19.7 Å². The third-order valence-corrected chi connectivity index (χ3v) is 5.16. The van der Waals surface area contributed by atoms with Gasteiger partial charge in [-0.2, -0.15) is 8.78 Å². The van der Waals surface area contributed by atoms with Crippen LogP contribution in [0.3, 0.4) is 0 Å². The van der Waals surface area contributed by atoms with Gasteiger partial charge in [-0.3, -0.25) is 0 Å². The molecule has 1 saturated heterocycles. The summed E-state index contributed by atoms with van der Waals surface area (Å²) < 4.78 is 34.3. The molecule has 0 aliphatic carbocycles. The van der Waals surface area contributed by atoms with E-state index in [4.69, 9.17) is 4.74 Å². The number of alkyl halides is 2. The largest absolute Gasteiger partial charge is 0.493 e. The highest BCUT2D eigenvalue weighted by atomic mass is 19.3. The van der Waals surface area contributed by atoms with Gasteiger partial charge in [-0.25, -0.2) is 4.79 Å². The van der Waals surface area contributed by atoms with Gasteiger partial charge in [0, 0.05) is 19.6 Å². The number of benzene rings is 2. The zero-order valence-electron chi connectivity index (χ0n) is 16.4. The van der Waals surface area contributed by atoms with Gasteiger partial charge in [0.1, 0.15) is 0 Å². The van der Waals surface area contributed by atoms with E-state index < -0.39 is 6.61 Å². The number of hydrogen-bond donors (Lipinski definition) is 1. The van der Waals surface area contributed by atoms with Gasteiger partial charge in [-0.05, 0) is 48.4 Å². The molecule has 1 fully saturated rings. The molecule has 0 bridgehead atoms. The van der Waals surface area contributed by atoms with Crippen molar-refractivity contribution in [3.8, 4) is 11.5 Å². The first-order valence-corrected chi connectivity index (χ1v) is 9.73. The number of likely N-dealkylation sites (tertiary alicyclic amines) is 1. The monoisotopic (exact) mass is 404 g/mol. The summed E-state index contributed by atoms with van der Waals surface area (Å²) in [6.45, 7) is -1.17. The molecule has 7 heteroatoms. The zero-order valence-corrected chi connectivity index (χ0v) is 16.4. The summed E-state index contributed by atoms with van der Waals surface area (Å²) in [5, 5.41) is 2.89. The van der Waals surface area contributed by atoms with E-state index >= 15 is 0 Å². The molecule has 0 atom stereocenters. The second-order valence-electron chi connectivity index (χ2n) is 7.14. The minimum absolute atomic E-state index is 0.0296. The average Bonchev–Trinajstić information content (AvgIpc) is 2.73. The van der Waals surface area contributed by atoms with Crippen molar-refractivity contribution in [2.45, 2.75) is 32.4 Å². The molecule has 0 aromatic heterocycles. The Bertz CT molecular complexity index is 794. The van der Waals surface area contributed by atoms with Crippen molar-refractivity contribution < 1.29 is 23.0 Å². The number of ether oxygens (including phenoxy) is 2.